The van der Waals surface area contributed by atoms with Crippen LogP contribution in [-0.2, 0) is 9.53 Å². The van der Waals surface area contributed by atoms with Crippen molar-refractivity contribution in [2.75, 3.05) is 32.5 Å². The predicted molar refractivity (Wildman–Crippen MR) is 175 cm³/mol. The van der Waals surface area contributed by atoms with Crippen molar-refractivity contribution in [3.63, 3.8) is 0 Å². The summed E-state index contributed by atoms with van der Waals surface area (Å²) in [7, 11) is 3.57. The lowest BCUT2D eigenvalue weighted by molar-refractivity contribution is -0.137. The molecule has 0 aromatic carbocycles. The van der Waals surface area contributed by atoms with E-state index < -0.39 is 11.5 Å². The van der Waals surface area contributed by atoms with Crippen LogP contribution in [0.5, 0.6) is 0 Å². The number of carbonyl (C=O) groups is 3. The molecule has 0 radical (unpaired) electrons. The van der Waals surface area contributed by atoms with Gasteiger partial charge in [-0.25, -0.2) is 9.78 Å². The number of anilines is 1. The van der Waals surface area contributed by atoms with Crippen molar-refractivity contribution < 1.29 is 19.1 Å². The van der Waals surface area contributed by atoms with Gasteiger partial charge in [0.25, 0.3) is 5.91 Å². The fraction of sp³-hybridized carbons (Fsp3) is 0.647. The molecule has 4 bridgehead atoms. The van der Waals surface area contributed by atoms with Crippen LogP contribution in [0, 0.1) is 17.8 Å². The second-order valence-corrected chi connectivity index (χ2v) is 15.1. The van der Waals surface area contributed by atoms with Crippen LogP contribution in [0.25, 0.3) is 11.0 Å². The van der Waals surface area contributed by atoms with Gasteiger partial charge in [-0.05, 0) is 83.8 Å². The van der Waals surface area contributed by atoms with Gasteiger partial charge in [0.2, 0.25) is 11.9 Å². The van der Waals surface area contributed by atoms with Gasteiger partial charge >= 0.3 is 6.09 Å². The number of carbonyl (C=O) groups excluding carboxylic acids is 3. The molecule has 3 aliphatic heterocycles. The van der Waals surface area contributed by atoms with Gasteiger partial charge in [0, 0.05) is 44.8 Å². The highest BCUT2D eigenvalue weighted by molar-refractivity contribution is 6.05. The first-order chi connectivity index (χ1) is 21.9. The Morgan fingerprint density at radius 3 is 2.39 bits per heavy atom. The minimum absolute atomic E-state index is 0.0277. The number of rotatable bonds is 4. The molecule has 7 atom stereocenters. The number of amides is 3. The van der Waals surface area contributed by atoms with E-state index in [0.717, 1.165) is 36.2 Å². The van der Waals surface area contributed by atoms with E-state index in [-0.39, 0.29) is 42.1 Å². The first kappa shape index (κ1) is 30.7. The highest BCUT2D eigenvalue weighted by atomic mass is 16.6. The number of amidine groups is 1. The van der Waals surface area contributed by atoms with Crippen molar-refractivity contribution in [1.29, 1.82) is 0 Å². The maximum atomic E-state index is 13.7. The van der Waals surface area contributed by atoms with Crippen molar-refractivity contribution >= 4 is 40.7 Å². The third-order valence-electron chi connectivity index (χ3n) is 10.5. The molecular weight excluding hydrogens is 584 g/mol. The molecule has 3 amide bonds. The Hall–Kier alpha value is -3.96. The van der Waals surface area contributed by atoms with Crippen LogP contribution in [0.4, 0.5) is 10.7 Å². The maximum Gasteiger partial charge on any atom is 0.410 e. The summed E-state index contributed by atoms with van der Waals surface area (Å²) in [5.41, 5.74) is 0.872. The van der Waals surface area contributed by atoms with E-state index in [1.807, 2.05) is 55.7 Å². The lowest BCUT2D eigenvalue weighted by atomic mass is 9.95. The van der Waals surface area contributed by atoms with Crippen molar-refractivity contribution in [3.05, 3.63) is 30.1 Å². The van der Waals surface area contributed by atoms with E-state index in [0.29, 0.717) is 36.5 Å². The smallest absolute Gasteiger partial charge is 0.410 e. The largest absolute Gasteiger partial charge is 0.444 e. The lowest BCUT2D eigenvalue weighted by Crippen LogP contribution is -2.59. The van der Waals surface area contributed by atoms with Gasteiger partial charge in [-0.1, -0.05) is 12.5 Å². The van der Waals surface area contributed by atoms with Crippen LogP contribution in [-0.4, -0.2) is 104 Å². The minimum atomic E-state index is -0.555. The van der Waals surface area contributed by atoms with Crippen molar-refractivity contribution in [2.24, 2.45) is 22.7 Å². The third-order valence-corrected chi connectivity index (χ3v) is 10.5. The van der Waals surface area contributed by atoms with Crippen molar-refractivity contribution in [3.8, 4) is 0 Å². The van der Waals surface area contributed by atoms with E-state index in [9.17, 15) is 14.4 Å². The van der Waals surface area contributed by atoms with Crippen molar-refractivity contribution in [2.45, 2.75) is 96.0 Å². The fourth-order valence-corrected chi connectivity index (χ4v) is 8.41. The number of hydrogen-bond acceptors (Lipinski definition) is 8. The van der Waals surface area contributed by atoms with E-state index in [2.05, 4.69) is 14.9 Å². The van der Waals surface area contributed by atoms with Gasteiger partial charge in [-0.2, -0.15) is 4.98 Å². The van der Waals surface area contributed by atoms with Crippen LogP contribution in [0.15, 0.2) is 29.4 Å². The number of dihydropyridines is 1. The number of fused-ring (bicyclic) bond motifs is 5. The highest BCUT2D eigenvalue weighted by Gasteiger charge is 2.47. The van der Waals surface area contributed by atoms with E-state index in [4.69, 9.17) is 14.7 Å². The molecule has 2 aliphatic carbocycles. The molecule has 7 unspecified atom stereocenters. The van der Waals surface area contributed by atoms with Gasteiger partial charge < -0.3 is 24.4 Å². The Labute approximate surface area is 270 Å². The molecule has 2 aromatic rings. The second kappa shape index (κ2) is 11.4. The van der Waals surface area contributed by atoms with Gasteiger partial charge in [0.15, 0.2) is 0 Å². The molecule has 12 heteroatoms. The summed E-state index contributed by atoms with van der Waals surface area (Å²) in [6.07, 6.45) is 11.7. The van der Waals surface area contributed by atoms with Crippen LogP contribution >= 0.6 is 0 Å². The van der Waals surface area contributed by atoms with Gasteiger partial charge in [0.05, 0.1) is 24.0 Å². The fourth-order valence-electron chi connectivity index (χ4n) is 8.41. The number of aromatic nitrogens is 3. The van der Waals surface area contributed by atoms with Crippen LogP contribution < -0.4 is 5.32 Å². The summed E-state index contributed by atoms with van der Waals surface area (Å²) in [6, 6.07) is 1.84. The molecule has 7 rings (SSSR count). The molecule has 0 spiro atoms. The third kappa shape index (κ3) is 5.53. The van der Waals surface area contributed by atoms with Crippen LogP contribution in [0.2, 0.25) is 0 Å². The van der Waals surface area contributed by atoms with E-state index in [1.165, 1.54) is 19.3 Å². The predicted octanol–water partition coefficient (Wildman–Crippen LogP) is 4.49. The zero-order valence-electron chi connectivity index (χ0n) is 27.8. The average Bonchev–Trinajstić information content (AvgIpc) is 3.76. The Bertz CT molecular complexity index is 1610. The second-order valence-electron chi connectivity index (χ2n) is 15.1. The molecule has 2 saturated heterocycles. The number of piperazine rings is 1. The molecule has 246 valence electrons. The first-order valence-electron chi connectivity index (χ1n) is 16.8. The maximum absolute atomic E-state index is 13.7. The molecule has 1 N–H and O–H groups in total. The Morgan fingerprint density at radius 1 is 1.04 bits per heavy atom. The Morgan fingerprint density at radius 2 is 1.78 bits per heavy atom. The SMILES string of the molecule is CC1N=C(Nc2ncc3cc(C(=O)N(C)C)n(C4CC5CCC4C5)c3n2)C=CC1C(=O)N1CC2CCC(C1)N2C(=O)OC(C)(C)C. The summed E-state index contributed by atoms with van der Waals surface area (Å²) in [6.45, 7) is 8.59. The minimum Gasteiger partial charge on any atom is -0.444 e. The number of likely N-dealkylation sites (tertiary alicyclic amines) is 1. The normalized spacial score (nSPS) is 30.1. The molecule has 2 saturated carbocycles. The standard InChI is InChI=1S/C34H46N8O4/c1-19-25(30(43)40-17-23-9-10-24(18-40)41(23)33(45)46-34(2,3)4)11-12-28(36-19)37-32-35-16-22-15-27(31(44)39(5)6)42(29(22)38-32)26-14-20-7-8-21(26)13-20/h11-12,15-16,19-21,23-26H,7-10,13-14,17-18H2,1-6H3,(H,35,36,37,38). The summed E-state index contributed by atoms with van der Waals surface area (Å²) in [5.74, 6) is 1.90. The summed E-state index contributed by atoms with van der Waals surface area (Å²) < 4.78 is 7.82. The Kier molecular flexibility index (Phi) is 7.59. The van der Waals surface area contributed by atoms with Gasteiger partial charge in [0.1, 0.15) is 22.8 Å². The molecule has 4 fully saturated rings. The summed E-state index contributed by atoms with van der Waals surface area (Å²) >= 11 is 0. The lowest BCUT2D eigenvalue weighted by Gasteiger charge is -2.42. The van der Waals surface area contributed by atoms with E-state index >= 15 is 0 Å². The van der Waals surface area contributed by atoms with Gasteiger partial charge in [-0.15, -0.1) is 0 Å². The van der Waals surface area contributed by atoms with E-state index in [1.54, 1.807) is 25.2 Å². The first-order valence-corrected chi connectivity index (χ1v) is 16.8. The number of hydrogen-bond donors (Lipinski definition) is 1. The summed E-state index contributed by atoms with van der Waals surface area (Å²) in [5, 5.41) is 4.11. The average molecular weight is 631 g/mol. The number of aliphatic imine (C=N–C) groups is 1. The zero-order valence-corrected chi connectivity index (χ0v) is 27.8. The monoisotopic (exact) mass is 630 g/mol. The number of nitrogens with zero attached hydrogens (tertiary/aromatic N) is 7. The molecule has 5 aliphatic rings. The molecule has 46 heavy (non-hydrogen) atoms. The molecule has 5 heterocycles. The highest BCUT2D eigenvalue weighted by Crippen LogP contribution is 2.52. The van der Waals surface area contributed by atoms with Crippen LogP contribution in [0.1, 0.15) is 82.8 Å². The molecular formula is C34H46N8O4. The molecule has 12 nitrogen and oxygen atoms in total. The molecule has 2 aromatic heterocycles. The number of ether oxygens (including phenoxy) is 1. The van der Waals surface area contributed by atoms with Gasteiger partial charge in [-0.3, -0.25) is 19.5 Å². The topological polar surface area (TPSA) is 125 Å². The Balaban J connectivity index is 1.05. The summed E-state index contributed by atoms with van der Waals surface area (Å²) in [4.78, 5) is 59.5. The van der Waals surface area contributed by atoms with Crippen molar-refractivity contribution in [1.82, 2.24) is 29.2 Å². The van der Waals surface area contributed by atoms with Crippen LogP contribution in [0.3, 0.4) is 0 Å². The quantitative estimate of drug-likeness (QED) is 0.528. The number of nitrogens with one attached hydrogen (secondary N) is 1. The zero-order chi connectivity index (χ0) is 32.5.